The van der Waals surface area contributed by atoms with Crippen molar-refractivity contribution in [1.82, 2.24) is 5.32 Å². The smallest absolute Gasteiger partial charge is 0.326 e. The van der Waals surface area contributed by atoms with Crippen molar-refractivity contribution in [2.24, 2.45) is 17.4 Å². The maximum Gasteiger partial charge on any atom is 0.326 e. The average Bonchev–Trinajstić information content (AvgIpc) is 2.14. The first-order chi connectivity index (χ1) is 6.88. The fourth-order valence-electron chi connectivity index (χ4n) is 1.08. The molecule has 6 N–H and O–H groups in total. The summed E-state index contributed by atoms with van der Waals surface area (Å²) in [6.45, 7) is 3.76. The highest BCUT2D eigenvalue weighted by Gasteiger charge is 2.23. The maximum atomic E-state index is 11.3. The number of carbonyl (C=O) groups excluding carboxylic acids is 1. The number of hydrogen-bond acceptors (Lipinski definition) is 4. The van der Waals surface area contributed by atoms with E-state index in [9.17, 15) is 9.59 Å². The molecular formula is C9H19N3O3. The normalized spacial score (nSPS) is 14.7. The predicted molar refractivity (Wildman–Crippen MR) is 56.1 cm³/mol. The third kappa shape index (κ3) is 5.34. The molecule has 15 heavy (non-hydrogen) atoms. The van der Waals surface area contributed by atoms with Gasteiger partial charge in [0.15, 0.2) is 0 Å². The van der Waals surface area contributed by atoms with E-state index in [2.05, 4.69) is 5.32 Å². The molecule has 1 amide bonds. The minimum absolute atomic E-state index is 0.000148. The number of rotatable bonds is 6. The van der Waals surface area contributed by atoms with Crippen LogP contribution in [-0.2, 0) is 9.59 Å². The van der Waals surface area contributed by atoms with Crippen molar-refractivity contribution in [2.75, 3.05) is 6.54 Å². The Morgan fingerprint density at radius 3 is 2.27 bits per heavy atom. The summed E-state index contributed by atoms with van der Waals surface area (Å²) in [6, 6.07) is -1.74. The Morgan fingerprint density at radius 2 is 1.93 bits per heavy atom. The molecule has 0 spiro atoms. The second-order valence-electron chi connectivity index (χ2n) is 3.87. The van der Waals surface area contributed by atoms with Crippen molar-refractivity contribution >= 4 is 11.9 Å². The number of nitrogens with two attached hydrogens (primary N) is 2. The molecule has 0 bridgehead atoms. The Kier molecular flexibility index (Phi) is 5.88. The fourth-order valence-corrected chi connectivity index (χ4v) is 1.08. The molecule has 0 aliphatic heterocycles. The Hall–Kier alpha value is -1.14. The molecule has 0 aromatic carbocycles. The molecule has 6 nitrogen and oxygen atoms in total. The summed E-state index contributed by atoms with van der Waals surface area (Å²) in [5.74, 6) is -1.40. The van der Waals surface area contributed by atoms with Crippen molar-refractivity contribution in [3.8, 4) is 0 Å². The largest absolute Gasteiger partial charge is 0.480 e. The van der Waals surface area contributed by atoms with E-state index in [1.807, 2.05) is 13.8 Å². The van der Waals surface area contributed by atoms with Gasteiger partial charge in [0.2, 0.25) is 5.91 Å². The van der Waals surface area contributed by atoms with E-state index < -0.39 is 24.0 Å². The molecule has 0 fully saturated rings. The van der Waals surface area contributed by atoms with Gasteiger partial charge < -0.3 is 21.9 Å². The molecule has 0 saturated heterocycles. The monoisotopic (exact) mass is 217 g/mol. The lowest BCUT2D eigenvalue weighted by atomic mass is 10.0. The highest BCUT2D eigenvalue weighted by atomic mass is 16.4. The standard InChI is InChI=1S/C9H19N3O3/c1-5(2)3-7(9(14)15)12-8(13)6(11)4-10/h5-7H,3-4,10-11H2,1-2H3,(H,12,13)(H,14,15)/t6-,7+/m0/s1. The molecule has 0 saturated carbocycles. The molecule has 0 rings (SSSR count). The van der Waals surface area contributed by atoms with Gasteiger partial charge in [-0.05, 0) is 12.3 Å². The lowest BCUT2D eigenvalue weighted by molar-refractivity contribution is -0.142. The van der Waals surface area contributed by atoms with Crippen LogP contribution in [0.25, 0.3) is 0 Å². The van der Waals surface area contributed by atoms with Gasteiger partial charge >= 0.3 is 5.97 Å². The van der Waals surface area contributed by atoms with Gasteiger partial charge in [-0.2, -0.15) is 0 Å². The van der Waals surface area contributed by atoms with Gasteiger partial charge in [-0.3, -0.25) is 4.79 Å². The van der Waals surface area contributed by atoms with Crippen molar-refractivity contribution in [1.29, 1.82) is 0 Å². The minimum Gasteiger partial charge on any atom is -0.480 e. The van der Waals surface area contributed by atoms with Crippen molar-refractivity contribution in [3.05, 3.63) is 0 Å². The van der Waals surface area contributed by atoms with Gasteiger partial charge in [0, 0.05) is 6.54 Å². The predicted octanol–water partition coefficient (Wildman–Crippen LogP) is -1.11. The van der Waals surface area contributed by atoms with E-state index in [1.165, 1.54) is 0 Å². The molecule has 6 heteroatoms. The molecule has 0 aliphatic carbocycles. The Morgan fingerprint density at radius 1 is 1.40 bits per heavy atom. The summed E-state index contributed by atoms with van der Waals surface area (Å²) in [5.41, 5.74) is 10.6. The van der Waals surface area contributed by atoms with Crippen LogP contribution in [0.2, 0.25) is 0 Å². The Bertz CT molecular complexity index is 231. The Balaban J connectivity index is 4.29. The second kappa shape index (κ2) is 6.36. The van der Waals surface area contributed by atoms with E-state index >= 15 is 0 Å². The number of hydrogen-bond donors (Lipinski definition) is 4. The van der Waals surface area contributed by atoms with E-state index in [4.69, 9.17) is 16.6 Å². The van der Waals surface area contributed by atoms with Crippen molar-refractivity contribution in [3.63, 3.8) is 0 Å². The molecule has 2 atom stereocenters. The van der Waals surface area contributed by atoms with Gasteiger partial charge in [-0.25, -0.2) is 4.79 Å². The van der Waals surface area contributed by atoms with Gasteiger partial charge in [0.05, 0.1) is 6.04 Å². The molecule has 0 aromatic heterocycles. The van der Waals surface area contributed by atoms with Crippen LogP contribution < -0.4 is 16.8 Å². The summed E-state index contributed by atoms with van der Waals surface area (Å²) in [7, 11) is 0. The van der Waals surface area contributed by atoms with Crippen LogP contribution in [0.1, 0.15) is 20.3 Å². The first kappa shape index (κ1) is 13.9. The number of carbonyl (C=O) groups is 2. The zero-order chi connectivity index (χ0) is 12.0. The van der Waals surface area contributed by atoms with Gasteiger partial charge in [-0.1, -0.05) is 13.8 Å². The number of carboxylic acids is 1. The van der Waals surface area contributed by atoms with Crippen molar-refractivity contribution in [2.45, 2.75) is 32.4 Å². The van der Waals surface area contributed by atoms with E-state index in [0.29, 0.717) is 6.42 Å². The first-order valence-corrected chi connectivity index (χ1v) is 4.87. The van der Waals surface area contributed by atoms with E-state index in [0.717, 1.165) is 0 Å². The summed E-state index contributed by atoms with van der Waals surface area (Å²) in [6.07, 6.45) is 0.373. The summed E-state index contributed by atoms with van der Waals surface area (Å²) in [5, 5.41) is 11.2. The zero-order valence-corrected chi connectivity index (χ0v) is 9.06. The van der Waals surface area contributed by atoms with Gasteiger partial charge in [-0.15, -0.1) is 0 Å². The quantitative estimate of drug-likeness (QED) is 0.450. The number of amides is 1. The maximum absolute atomic E-state index is 11.3. The van der Waals surface area contributed by atoms with E-state index in [-0.39, 0.29) is 12.5 Å². The summed E-state index contributed by atoms with van der Waals surface area (Å²) >= 11 is 0. The van der Waals surface area contributed by atoms with Crippen LogP contribution in [0, 0.1) is 5.92 Å². The fraction of sp³-hybridized carbons (Fsp3) is 0.778. The number of aliphatic carboxylic acids is 1. The van der Waals surface area contributed by atoms with Crippen LogP contribution in [0.3, 0.4) is 0 Å². The summed E-state index contributed by atoms with van der Waals surface area (Å²) in [4.78, 5) is 22.1. The average molecular weight is 217 g/mol. The highest BCUT2D eigenvalue weighted by Crippen LogP contribution is 2.04. The van der Waals surface area contributed by atoms with Gasteiger partial charge in [0.25, 0.3) is 0 Å². The third-order valence-electron chi connectivity index (χ3n) is 1.91. The molecule has 0 aromatic rings. The summed E-state index contributed by atoms with van der Waals surface area (Å²) < 4.78 is 0. The molecule has 0 radical (unpaired) electrons. The second-order valence-corrected chi connectivity index (χ2v) is 3.87. The minimum atomic E-state index is -1.05. The first-order valence-electron chi connectivity index (χ1n) is 4.87. The molecule has 0 aliphatic rings. The zero-order valence-electron chi connectivity index (χ0n) is 9.06. The van der Waals surface area contributed by atoms with Crippen molar-refractivity contribution < 1.29 is 14.7 Å². The van der Waals surface area contributed by atoms with Crippen LogP contribution in [-0.4, -0.2) is 35.6 Å². The molecule has 0 heterocycles. The molecular weight excluding hydrogens is 198 g/mol. The lowest BCUT2D eigenvalue weighted by Gasteiger charge is -2.18. The lowest BCUT2D eigenvalue weighted by Crippen LogP contribution is -2.51. The number of nitrogens with one attached hydrogen (secondary N) is 1. The van der Waals surface area contributed by atoms with Gasteiger partial charge in [0.1, 0.15) is 6.04 Å². The topological polar surface area (TPSA) is 118 Å². The third-order valence-corrected chi connectivity index (χ3v) is 1.91. The highest BCUT2D eigenvalue weighted by molar-refractivity contribution is 5.86. The Labute approximate surface area is 89.0 Å². The van der Waals surface area contributed by atoms with Crippen LogP contribution >= 0.6 is 0 Å². The molecule has 0 unspecified atom stereocenters. The van der Waals surface area contributed by atoms with Crippen LogP contribution in [0.15, 0.2) is 0 Å². The van der Waals surface area contributed by atoms with Crippen LogP contribution in [0.4, 0.5) is 0 Å². The van der Waals surface area contributed by atoms with E-state index in [1.54, 1.807) is 0 Å². The van der Waals surface area contributed by atoms with Crippen LogP contribution in [0.5, 0.6) is 0 Å². The SMILES string of the molecule is CC(C)C[C@@H](NC(=O)[C@@H](N)CN)C(=O)O. The molecule has 88 valence electrons. The number of carboxylic acid groups (broad SMARTS) is 1.